The third kappa shape index (κ3) is 2.30. The predicted molar refractivity (Wildman–Crippen MR) is 57.3 cm³/mol. The van der Waals surface area contributed by atoms with Crippen molar-refractivity contribution in [2.75, 3.05) is 13.7 Å². The number of rotatable bonds is 2. The summed E-state index contributed by atoms with van der Waals surface area (Å²) in [6, 6.07) is 5.54. The molecule has 0 saturated carbocycles. The number of methoxy groups -OCH3 is 1. The number of nitrogens with zero attached hydrogens (tertiary/aromatic N) is 1. The number of hydrogen-bond donors (Lipinski definition) is 0. The molecule has 2 heterocycles. The van der Waals surface area contributed by atoms with Crippen LogP contribution in [0, 0.1) is 0 Å². The zero-order valence-electron chi connectivity index (χ0n) is 9.19. The van der Waals surface area contributed by atoms with Crippen molar-refractivity contribution in [2.45, 2.75) is 19.4 Å². The van der Waals surface area contributed by atoms with Gasteiger partial charge in [-0.05, 0) is 19.9 Å². The Bertz CT molecular complexity index is 356. The highest BCUT2D eigenvalue weighted by Crippen LogP contribution is 2.19. The van der Waals surface area contributed by atoms with Crippen molar-refractivity contribution < 1.29 is 14.0 Å². The second kappa shape index (κ2) is 3.83. The minimum Gasteiger partial charge on any atom is -0.481 e. The Hall–Kier alpha value is -1.07. The molecular formula is C10H14BNO3. The zero-order valence-corrected chi connectivity index (χ0v) is 9.19. The Kier molecular flexibility index (Phi) is 2.67. The summed E-state index contributed by atoms with van der Waals surface area (Å²) < 4.78 is 16.3. The molecule has 0 bridgehead atoms. The Balaban J connectivity index is 2.16. The van der Waals surface area contributed by atoms with Crippen LogP contribution < -0.4 is 10.3 Å². The summed E-state index contributed by atoms with van der Waals surface area (Å²) in [4.78, 5) is 4.27. The SMILES string of the molecule is COc1cccc(B2OCC(C)(C)O2)n1. The van der Waals surface area contributed by atoms with Crippen molar-refractivity contribution >= 4 is 12.7 Å². The van der Waals surface area contributed by atoms with Gasteiger partial charge in [0, 0.05) is 6.07 Å². The van der Waals surface area contributed by atoms with E-state index in [4.69, 9.17) is 14.0 Å². The summed E-state index contributed by atoms with van der Waals surface area (Å²) in [5, 5.41) is 0. The summed E-state index contributed by atoms with van der Waals surface area (Å²) in [5.74, 6) is 0.574. The highest BCUT2D eigenvalue weighted by atomic mass is 16.7. The van der Waals surface area contributed by atoms with Crippen molar-refractivity contribution in [3.05, 3.63) is 18.2 Å². The Labute approximate surface area is 89.7 Å². The lowest BCUT2D eigenvalue weighted by molar-refractivity contribution is 0.137. The van der Waals surface area contributed by atoms with Gasteiger partial charge in [-0.25, -0.2) is 4.98 Å². The van der Waals surface area contributed by atoms with E-state index < -0.39 is 0 Å². The van der Waals surface area contributed by atoms with E-state index in [1.807, 2.05) is 26.0 Å². The van der Waals surface area contributed by atoms with Crippen molar-refractivity contribution in [3.8, 4) is 5.88 Å². The first-order valence-electron chi connectivity index (χ1n) is 4.91. The first-order chi connectivity index (χ1) is 7.11. The van der Waals surface area contributed by atoms with Crippen LogP contribution in [0.1, 0.15) is 13.8 Å². The Morgan fingerprint density at radius 1 is 1.47 bits per heavy atom. The summed E-state index contributed by atoms with van der Waals surface area (Å²) >= 11 is 0. The van der Waals surface area contributed by atoms with Crippen LogP contribution in [-0.4, -0.2) is 31.4 Å². The van der Waals surface area contributed by atoms with E-state index in [1.165, 1.54) is 0 Å². The molecule has 0 aliphatic carbocycles. The highest BCUT2D eigenvalue weighted by Gasteiger charge is 2.39. The standard InChI is InChI=1S/C10H14BNO3/c1-10(2)7-14-11(15-10)8-5-4-6-9(12-8)13-3/h4-6H,7H2,1-3H3. The maximum Gasteiger partial charge on any atom is 0.514 e. The molecule has 1 fully saturated rings. The predicted octanol–water partition coefficient (Wildman–Crippen LogP) is 0.611. The fraction of sp³-hybridized carbons (Fsp3) is 0.500. The fourth-order valence-electron chi connectivity index (χ4n) is 1.46. The van der Waals surface area contributed by atoms with E-state index in [1.54, 1.807) is 13.2 Å². The molecule has 5 heteroatoms. The van der Waals surface area contributed by atoms with Gasteiger partial charge in [-0.1, -0.05) is 6.07 Å². The first kappa shape index (κ1) is 10.5. The molecule has 0 amide bonds. The molecular weight excluding hydrogens is 193 g/mol. The summed E-state index contributed by atoms with van der Waals surface area (Å²) in [5.41, 5.74) is 0.509. The van der Waals surface area contributed by atoms with E-state index in [-0.39, 0.29) is 12.7 Å². The molecule has 80 valence electrons. The topological polar surface area (TPSA) is 40.6 Å². The minimum atomic E-state index is -0.380. The van der Waals surface area contributed by atoms with Gasteiger partial charge in [-0.2, -0.15) is 0 Å². The summed E-state index contributed by atoms with van der Waals surface area (Å²) in [6.45, 7) is 4.57. The van der Waals surface area contributed by atoms with Crippen molar-refractivity contribution in [2.24, 2.45) is 0 Å². The van der Waals surface area contributed by atoms with Gasteiger partial charge in [0.05, 0.1) is 24.9 Å². The van der Waals surface area contributed by atoms with E-state index in [0.717, 1.165) is 5.59 Å². The molecule has 1 aromatic rings. The smallest absolute Gasteiger partial charge is 0.481 e. The molecule has 2 rings (SSSR count). The minimum absolute atomic E-state index is 0.241. The second-order valence-electron chi connectivity index (χ2n) is 4.13. The quantitative estimate of drug-likeness (QED) is 0.666. The first-order valence-corrected chi connectivity index (χ1v) is 4.91. The number of pyridine rings is 1. The molecule has 15 heavy (non-hydrogen) atoms. The molecule has 1 aromatic heterocycles. The Morgan fingerprint density at radius 2 is 2.27 bits per heavy atom. The monoisotopic (exact) mass is 207 g/mol. The molecule has 1 aliphatic rings. The van der Waals surface area contributed by atoms with E-state index in [0.29, 0.717) is 12.5 Å². The van der Waals surface area contributed by atoms with Gasteiger partial charge in [0.25, 0.3) is 0 Å². The van der Waals surface area contributed by atoms with E-state index in [9.17, 15) is 0 Å². The third-order valence-electron chi connectivity index (χ3n) is 2.20. The lowest BCUT2D eigenvalue weighted by Gasteiger charge is -2.15. The van der Waals surface area contributed by atoms with Crippen LogP contribution in [0.5, 0.6) is 5.88 Å². The van der Waals surface area contributed by atoms with Gasteiger partial charge in [0.2, 0.25) is 5.88 Å². The van der Waals surface area contributed by atoms with Gasteiger partial charge in [-0.3, -0.25) is 0 Å². The molecule has 0 spiro atoms. The van der Waals surface area contributed by atoms with Crippen LogP contribution in [0.4, 0.5) is 0 Å². The van der Waals surface area contributed by atoms with Gasteiger partial charge in [-0.15, -0.1) is 0 Å². The lowest BCUT2D eigenvalue weighted by Crippen LogP contribution is -2.36. The lowest BCUT2D eigenvalue weighted by atomic mass is 9.84. The normalized spacial score (nSPS) is 19.3. The molecule has 1 aliphatic heterocycles. The second-order valence-corrected chi connectivity index (χ2v) is 4.13. The third-order valence-corrected chi connectivity index (χ3v) is 2.20. The molecule has 0 radical (unpaired) electrons. The van der Waals surface area contributed by atoms with Crippen LogP contribution in [0.15, 0.2) is 18.2 Å². The largest absolute Gasteiger partial charge is 0.514 e. The van der Waals surface area contributed by atoms with Crippen molar-refractivity contribution in [3.63, 3.8) is 0 Å². The number of ether oxygens (including phenoxy) is 1. The molecule has 0 aromatic carbocycles. The number of hydrogen-bond acceptors (Lipinski definition) is 4. The van der Waals surface area contributed by atoms with Gasteiger partial charge in [0.15, 0.2) is 0 Å². The van der Waals surface area contributed by atoms with Crippen LogP contribution >= 0.6 is 0 Å². The maximum atomic E-state index is 5.69. The molecule has 0 atom stereocenters. The van der Waals surface area contributed by atoms with Gasteiger partial charge >= 0.3 is 7.12 Å². The summed E-state index contributed by atoms with van der Waals surface area (Å²) in [7, 11) is 1.21. The number of aromatic nitrogens is 1. The summed E-state index contributed by atoms with van der Waals surface area (Å²) in [6.07, 6.45) is 0. The molecule has 0 unspecified atom stereocenters. The highest BCUT2D eigenvalue weighted by molar-refractivity contribution is 6.60. The average Bonchev–Trinajstić information content (AvgIpc) is 2.59. The van der Waals surface area contributed by atoms with Crippen LogP contribution in [0.25, 0.3) is 0 Å². The van der Waals surface area contributed by atoms with Gasteiger partial charge < -0.3 is 14.0 Å². The van der Waals surface area contributed by atoms with Crippen molar-refractivity contribution in [1.29, 1.82) is 0 Å². The maximum absolute atomic E-state index is 5.69. The van der Waals surface area contributed by atoms with Crippen LogP contribution in [0.2, 0.25) is 0 Å². The zero-order chi connectivity index (χ0) is 10.9. The average molecular weight is 207 g/mol. The Morgan fingerprint density at radius 3 is 2.87 bits per heavy atom. The van der Waals surface area contributed by atoms with Gasteiger partial charge in [0.1, 0.15) is 0 Å². The fourth-order valence-corrected chi connectivity index (χ4v) is 1.46. The van der Waals surface area contributed by atoms with Crippen LogP contribution in [-0.2, 0) is 9.31 Å². The van der Waals surface area contributed by atoms with Crippen LogP contribution in [0.3, 0.4) is 0 Å². The molecule has 4 nitrogen and oxygen atoms in total. The van der Waals surface area contributed by atoms with E-state index in [2.05, 4.69) is 4.98 Å². The molecule has 0 N–H and O–H groups in total. The van der Waals surface area contributed by atoms with E-state index >= 15 is 0 Å². The van der Waals surface area contributed by atoms with Crippen molar-refractivity contribution in [1.82, 2.24) is 4.98 Å². The molecule has 1 saturated heterocycles.